The number of hydrogen-bond acceptors (Lipinski definition) is 3. The third-order valence-electron chi connectivity index (χ3n) is 5.43. The molecule has 0 aromatic heterocycles. The van der Waals surface area contributed by atoms with Gasteiger partial charge in [-0.2, -0.15) is 0 Å². The largest absolute Gasteiger partial charge is 0.342 e. The van der Waals surface area contributed by atoms with E-state index in [4.69, 9.17) is 0 Å². The number of hydrogen-bond donors (Lipinski definition) is 1. The van der Waals surface area contributed by atoms with Crippen LogP contribution in [0.3, 0.4) is 0 Å². The summed E-state index contributed by atoms with van der Waals surface area (Å²) in [5.74, 6) is -0.476. The highest BCUT2D eigenvalue weighted by atomic mass is 16.2. The van der Waals surface area contributed by atoms with Gasteiger partial charge in [0.15, 0.2) is 0 Å². The predicted octanol–water partition coefficient (Wildman–Crippen LogP) is 2.21. The standard InChI is InChI=1S/C22H23N3O3/c26-20(19-12-7-14-25(19)21(27)16-8-3-1-4-9-16)23-18-13-15-24(22(18)28)17-10-5-2-6-11-17/h1-6,8-11,18-19H,7,12-15H2,(H,23,26). The van der Waals surface area contributed by atoms with Gasteiger partial charge in [0.2, 0.25) is 11.8 Å². The molecule has 2 saturated heterocycles. The van der Waals surface area contributed by atoms with Gasteiger partial charge in [0.05, 0.1) is 0 Å². The summed E-state index contributed by atoms with van der Waals surface area (Å²) in [4.78, 5) is 41.7. The first-order chi connectivity index (χ1) is 13.6. The monoisotopic (exact) mass is 377 g/mol. The average Bonchev–Trinajstić information content (AvgIpc) is 3.36. The molecule has 2 atom stereocenters. The molecule has 0 spiro atoms. The molecule has 6 nitrogen and oxygen atoms in total. The Labute approximate surface area is 164 Å². The maximum absolute atomic E-state index is 12.9. The van der Waals surface area contributed by atoms with E-state index >= 15 is 0 Å². The van der Waals surface area contributed by atoms with Crippen molar-refractivity contribution in [3.05, 3.63) is 66.2 Å². The minimum Gasteiger partial charge on any atom is -0.342 e. The molecule has 0 saturated carbocycles. The van der Waals surface area contributed by atoms with Crippen LogP contribution in [-0.4, -0.2) is 47.8 Å². The van der Waals surface area contributed by atoms with Crippen molar-refractivity contribution < 1.29 is 14.4 Å². The van der Waals surface area contributed by atoms with Gasteiger partial charge >= 0.3 is 0 Å². The van der Waals surface area contributed by atoms with Crippen molar-refractivity contribution in [2.24, 2.45) is 0 Å². The molecule has 2 aliphatic rings. The Morgan fingerprint density at radius 3 is 2.29 bits per heavy atom. The van der Waals surface area contributed by atoms with E-state index in [-0.39, 0.29) is 17.7 Å². The Morgan fingerprint density at radius 2 is 1.57 bits per heavy atom. The zero-order valence-corrected chi connectivity index (χ0v) is 15.6. The second-order valence-electron chi connectivity index (χ2n) is 7.20. The Kier molecular flexibility index (Phi) is 5.10. The van der Waals surface area contributed by atoms with Crippen molar-refractivity contribution >= 4 is 23.4 Å². The summed E-state index contributed by atoms with van der Waals surface area (Å²) < 4.78 is 0. The molecule has 2 heterocycles. The molecule has 0 bridgehead atoms. The summed E-state index contributed by atoms with van der Waals surface area (Å²) in [6, 6.07) is 17.4. The van der Waals surface area contributed by atoms with Gasteiger partial charge < -0.3 is 15.1 Å². The molecule has 0 radical (unpaired) electrons. The van der Waals surface area contributed by atoms with Crippen molar-refractivity contribution in [2.45, 2.75) is 31.3 Å². The van der Waals surface area contributed by atoms with Crippen LogP contribution >= 0.6 is 0 Å². The minimum atomic E-state index is -0.540. The average molecular weight is 377 g/mol. The van der Waals surface area contributed by atoms with E-state index < -0.39 is 12.1 Å². The summed E-state index contributed by atoms with van der Waals surface area (Å²) in [5.41, 5.74) is 1.42. The fraction of sp³-hybridized carbons (Fsp3) is 0.318. The van der Waals surface area contributed by atoms with Crippen LogP contribution in [0.25, 0.3) is 0 Å². The van der Waals surface area contributed by atoms with Crippen LogP contribution in [0.15, 0.2) is 60.7 Å². The highest BCUT2D eigenvalue weighted by molar-refractivity contribution is 6.03. The molecule has 1 N–H and O–H groups in total. The molecule has 3 amide bonds. The number of para-hydroxylation sites is 1. The fourth-order valence-corrected chi connectivity index (χ4v) is 3.98. The summed E-state index contributed by atoms with van der Waals surface area (Å²) in [6.45, 7) is 1.13. The lowest BCUT2D eigenvalue weighted by Gasteiger charge is -2.25. The van der Waals surface area contributed by atoms with Gasteiger partial charge in [-0.25, -0.2) is 0 Å². The van der Waals surface area contributed by atoms with E-state index in [2.05, 4.69) is 5.32 Å². The van der Waals surface area contributed by atoms with Crippen molar-refractivity contribution in [3.63, 3.8) is 0 Å². The molecule has 6 heteroatoms. The van der Waals surface area contributed by atoms with Gasteiger partial charge in [-0.1, -0.05) is 36.4 Å². The number of carbonyl (C=O) groups excluding carboxylic acids is 3. The first-order valence-corrected chi connectivity index (χ1v) is 9.68. The van der Waals surface area contributed by atoms with Crippen LogP contribution in [0.2, 0.25) is 0 Å². The van der Waals surface area contributed by atoms with Crippen LogP contribution in [0.5, 0.6) is 0 Å². The maximum atomic E-state index is 12.9. The van der Waals surface area contributed by atoms with Gasteiger partial charge in [0, 0.05) is 24.3 Å². The third-order valence-corrected chi connectivity index (χ3v) is 5.43. The third kappa shape index (κ3) is 3.50. The lowest BCUT2D eigenvalue weighted by atomic mass is 10.1. The second kappa shape index (κ2) is 7.84. The smallest absolute Gasteiger partial charge is 0.254 e. The number of rotatable bonds is 4. The summed E-state index contributed by atoms with van der Waals surface area (Å²) in [5, 5.41) is 2.88. The topological polar surface area (TPSA) is 69.7 Å². The van der Waals surface area contributed by atoms with E-state index in [0.29, 0.717) is 31.5 Å². The number of anilines is 1. The zero-order valence-electron chi connectivity index (χ0n) is 15.6. The SMILES string of the molecule is O=C(NC1CCN(c2ccccc2)C1=O)C1CCCN1C(=O)c1ccccc1. The van der Waals surface area contributed by atoms with Gasteiger partial charge in [0.25, 0.3) is 5.91 Å². The number of nitrogens with zero attached hydrogens (tertiary/aromatic N) is 2. The van der Waals surface area contributed by atoms with Crippen LogP contribution in [0, 0.1) is 0 Å². The van der Waals surface area contributed by atoms with Crippen molar-refractivity contribution in [1.82, 2.24) is 10.2 Å². The number of carbonyl (C=O) groups is 3. The Balaban J connectivity index is 1.42. The Morgan fingerprint density at radius 1 is 0.893 bits per heavy atom. The van der Waals surface area contributed by atoms with E-state index in [1.54, 1.807) is 21.9 Å². The Bertz CT molecular complexity index is 869. The molecule has 144 valence electrons. The molecular weight excluding hydrogens is 354 g/mol. The van der Waals surface area contributed by atoms with E-state index in [9.17, 15) is 14.4 Å². The van der Waals surface area contributed by atoms with Crippen LogP contribution < -0.4 is 10.2 Å². The molecule has 4 rings (SSSR count). The summed E-state index contributed by atoms with van der Waals surface area (Å²) in [6.07, 6.45) is 1.97. The van der Waals surface area contributed by atoms with Crippen LogP contribution in [0.1, 0.15) is 29.6 Å². The van der Waals surface area contributed by atoms with Gasteiger partial charge in [0.1, 0.15) is 12.1 Å². The minimum absolute atomic E-state index is 0.0986. The first kappa shape index (κ1) is 18.2. The van der Waals surface area contributed by atoms with E-state index in [1.165, 1.54) is 0 Å². The lowest BCUT2D eigenvalue weighted by Crippen LogP contribution is -2.50. The summed E-state index contributed by atoms with van der Waals surface area (Å²) >= 11 is 0. The number of nitrogens with one attached hydrogen (secondary N) is 1. The van der Waals surface area contributed by atoms with Gasteiger partial charge in [-0.05, 0) is 43.5 Å². The zero-order chi connectivity index (χ0) is 19.5. The molecule has 28 heavy (non-hydrogen) atoms. The predicted molar refractivity (Wildman–Crippen MR) is 106 cm³/mol. The Hall–Kier alpha value is -3.15. The molecule has 2 aliphatic heterocycles. The van der Waals surface area contributed by atoms with Crippen LogP contribution in [-0.2, 0) is 9.59 Å². The van der Waals surface area contributed by atoms with Gasteiger partial charge in [-0.15, -0.1) is 0 Å². The highest BCUT2D eigenvalue weighted by Crippen LogP contribution is 2.23. The molecule has 2 aromatic rings. The van der Waals surface area contributed by atoms with Crippen LogP contribution in [0.4, 0.5) is 5.69 Å². The molecular formula is C22H23N3O3. The number of likely N-dealkylation sites (tertiary alicyclic amines) is 1. The normalized spacial score (nSPS) is 21.8. The quantitative estimate of drug-likeness (QED) is 0.888. The molecule has 0 aliphatic carbocycles. The van der Waals surface area contributed by atoms with Crippen molar-refractivity contribution in [3.8, 4) is 0 Å². The number of benzene rings is 2. The lowest BCUT2D eigenvalue weighted by molar-refractivity contribution is -0.129. The second-order valence-corrected chi connectivity index (χ2v) is 7.20. The fourth-order valence-electron chi connectivity index (χ4n) is 3.98. The number of amides is 3. The summed E-state index contributed by atoms with van der Waals surface area (Å²) in [7, 11) is 0. The first-order valence-electron chi connectivity index (χ1n) is 9.68. The maximum Gasteiger partial charge on any atom is 0.254 e. The molecule has 2 fully saturated rings. The highest BCUT2D eigenvalue weighted by Gasteiger charge is 2.39. The van der Waals surface area contributed by atoms with Crippen molar-refractivity contribution in [2.75, 3.05) is 18.0 Å². The van der Waals surface area contributed by atoms with Crippen molar-refractivity contribution in [1.29, 1.82) is 0 Å². The van der Waals surface area contributed by atoms with Gasteiger partial charge in [-0.3, -0.25) is 14.4 Å². The molecule has 2 aromatic carbocycles. The molecule has 2 unspecified atom stereocenters. The van der Waals surface area contributed by atoms with E-state index in [0.717, 1.165) is 12.1 Å². The van der Waals surface area contributed by atoms with E-state index in [1.807, 2.05) is 48.5 Å².